The van der Waals surface area contributed by atoms with E-state index < -0.39 is 0 Å². The van der Waals surface area contributed by atoms with E-state index in [9.17, 15) is 14.4 Å². The maximum atomic E-state index is 13.0. The molecule has 1 saturated carbocycles. The number of hydrogen-bond acceptors (Lipinski definition) is 3. The van der Waals surface area contributed by atoms with Crippen LogP contribution in [0.15, 0.2) is 18.2 Å². The van der Waals surface area contributed by atoms with E-state index in [2.05, 4.69) is 10.3 Å². The number of rotatable bonds is 6. The van der Waals surface area contributed by atoms with Crippen LogP contribution < -0.4 is 5.32 Å². The van der Waals surface area contributed by atoms with Gasteiger partial charge in [-0.3, -0.25) is 14.4 Å². The van der Waals surface area contributed by atoms with Gasteiger partial charge in [0.2, 0.25) is 0 Å². The number of carbonyl (C=O) groups excluding carboxylic acids is 3. The summed E-state index contributed by atoms with van der Waals surface area (Å²) in [4.78, 5) is 42.7. The van der Waals surface area contributed by atoms with Gasteiger partial charge >= 0.3 is 0 Å². The summed E-state index contributed by atoms with van der Waals surface area (Å²) in [7, 11) is 0. The first kappa shape index (κ1) is 18.5. The number of aromatic nitrogens is 1. The van der Waals surface area contributed by atoms with Crippen LogP contribution in [-0.4, -0.2) is 40.1 Å². The third-order valence-electron chi connectivity index (χ3n) is 5.71. The fraction of sp³-hybridized carbons (Fsp3) is 0.409. The van der Waals surface area contributed by atoms with Gasteiger partial charge in [-0.15, -0.1) is 0 Å². The maximum Gasteiger partial charge on any atom is 0.256 e. The number of aromatic amines is 1. The smallest absolute Gasteiger partial charge is 0.256 e. The molecule has 2 amide bonds. The number of Topliss-reactive ketones (excluding diaryl/α,β-unsaturated/α-hetero) is 1. The van der Waals surface area contributed by atoms with Crippen molar-refractivity contribution >= 4 is 17.6 Å². The molecule has 2 aliphatic rings. The number of hydrogen-bond donors (Lipinski definition) is 2. The highest BCUT2D eigenvalue weighted by Gasteiger charge is 2.33. The van der Waals surface area contributed by atoms with Crippen LogP contribution in [0.1, 0.15) is 73.4 Å². The second-order valence-electron chi connectivity index (χ2n) is 7.79. The Hall–Kier alpha value is -2.89. The Kier molecular flexibility index (Phi) is 4.57. The summed E-state index contributed by atoms with van der Waals surface area (Å²) in [5.41, 5.74) is 5.08. The molecule has 2 N–H and O–H groups in total. The van der Waals surface area contributed by atoms with Gasteiger partial charge in [0.05, 0.1) is 17.8 Å². The largest absolute Gasteiger partial charge is 0.354 e. The fourth-order valence-corrected chi connectivity index (χ4v) is 3.78. The molecule has 1 aliphatic heterocycles. The van der Waals surface area contributed by atoms with Gasteiger partial charge in [0.25, 0.3) is 11.8 Å². The highest BCUT2D eigenvalue weighted by Crippen LogP contribution is 2.28. The summed E-state index contributed by atoms with van der Waals surface area (Å²) in [6, 6.07) is 5.78. The molecular weight excluding hydrogens is 354 g/mol. The lowest BCUT2D eigenvalue weighted by Gasteiger charge is -2.13. The van der Waals surface area contributed by atoms with Gasteiger partial charge in [0, 0.05) is 30.3 Å². The predicted octanol–water partition coefficient (Wildman–Crippen LogP) is 2.92. The van der Waals surface area contributed by atoms with Gasteiger partial charge in [-0.25, -0.2) is 0 Å². The van der Waals surface area contributed by atoms with Crippen molar-refractivity contribution in [3.63, 3.8) is 0 Å². The molecule has 1 fully saturated rings. The average Bonchev–Trinajstić information content (AvgIpc) is 3.33. The third kappa shape index (κ3) is 3.23. The molecule has 2 aromatic rings. The molecule has 146 valence electrons. The molecule has 1 aromatic heterocycles. The molecule has 1 aromatic carbocycles. The van der Waals surface area contributed by atoms with Crippen LogP contribution in [0, 0.1) is 13.8 Å². The number of benzene rings is 1. The second kappa shape index (κ2) is 6.93. The van der Waals surface area contributed by atoms with E-state index in [1.54, 1.807) is 17.0 Å². The number of nitrogens with one attached hydrogen (secondary N) is 2. The van der Waals surface area contributed by atoms with E-state index in [1.165, 1.54) is 0 Å². The van der Waals surface area contributed by atoms with E-state index in [4.69, 9.17) is 0 Å². The Balaban J connectivity index is 1.55. The Morgan fingerprint density at radius 2 is 2.00 bits per heavy atom. The first-order valence-corrected chi connectivity index (χ1v) is 9.83. The SMILES string of the molecule is CCN1Cc2[nH]c(C(=O)Cc3cc(C(=O)NC4CC4)ccc3C)c(C)c2C1=O. The van der Waals surface area contributed by atoms with Gasteiger partial charge in [-0.2, -0.15) is 0 Å². The molecule has 4 rings (SSSR count). The second-order valence-corrected chi connectivity index (χ2v) is 7.79. The first-order valence-electron chi connectivity index (χ1n) is 9.83. The van der Waals surface area contributed by atoms with Crippen molar-refractivity contribution in [1.82, 2.24) is 15.2 Å². The number of carbonyl (C=O) groups is 3. The van der Waals surface area contributed by atoms with E-state index in [-0.39, 0.29) is 24.0 Å². The minimum absolute atomic E-state index is 0.0137. The van der Waals surface area contributed by atoms with E-state index >= 15 is 0 Å². The summed E-state index contributed by atoms with van der Waals surface area (Å²) in [6.45, 7) is 6.88. The van der Waals surface area contributed by atoms with Gasteiger partial charge in [0.1, 0.15) is 0 Å². The minimum atomic E-state index is -0.0866. The van der Waals surface area contributed by atoms with Gasteiger partial charge in [-0.05, 0) is 62.4 Å². The molecule has 28 heavy (non-hydrogen) atoms. The molecule has 0 atom stereocenters. The molecule has 6 nitrogen and oxygen atoms in total. The summed E-state index contributed by atoms with van der Waals surface area (Å²) in [5.74, 6) is -0.165. The lowest BCUT2D eigenvalue weighted by Crippen LogP contribution is -2.25. The van der Waals surface area contributed by atoms with Crippen molar-refractivity contribution in [2.45, 2.75) is 52.6 Å². The van der Waals surface area contributed by atoms with Gasteiger partial charge < -0.3 is 15.2 Å². The molecular formula is C22H25N3O3. The summed E-state index contributed by atoms with van der Waals surface area (Å²) in [5, 5.41) is 2.98. The highest BCUT2D eigenvalue weighted by molar-refractivity contribution is 6.05. The van der Waals surface area contributed by atoms with Crippen molar-refractivity contribution in [1.29, 1.82) is 0 Å². The van der Waals surface area contributed by atoms with E-state index in [1.807, 2.05) is 26.8 Å². The number of aryl methyl sites for hydroxylation is 1. The molecule has 2 heterocycles. The number of H-pyrrole nitrogens is 1. The zero-order valence-corrected chi connectivity index (χ0v) is 16.5. The molecule has 0 saturated heterocycles. The van der Waals surface area contributed by atoms with Crippen molar-refractivity contribution in [2.75, 3.05) is 6.54 Å². The molecule has 6 heteroatoms. The Morgan fingerprint density at radius 3 is 2.64 bits per heavy atom. The predicted molar refractivity (Wildman–Crippen MR) is 106 cm³/mol. The number of amides is 2. The molecule has 1 aliphatic carbocycles. The molecule has 0 unspecified atom stereocenters. The van der Waals surface area contributed by atoms with Crippen LogP contribution in [-0.2, 0) is 13.0 Å². The quantitative estimate of drug-likeness (QED) is 0.757. The number of nitrogens with zero attached hydrogens (tertiary/aromatic N) is 1. The van der Waals surface area contributed by atoms with E-state index in [0.717, 1.165) is 35.2 Å². The van der Waals surface area contributed by atoms with Crippen LogP contribution in [0.4, 0.5) is 0 Å². The average molecular weight is 379 g/mol. The van der Waals surface area contributed by atoms with E-state index in [0.29, 0.717) is 36.0 Å². The van der Waals surface area contributed by atoms with Gasteiger partial charge in [-0.1, -0.05) is 6.07 Å². The fourth-order valence-electron chi connectivity index (χ4n) is 3.78. The van der Waals surface area contributed by atoms with Crippen molar-refractivity contribution in [3.8, 4) is 0 Å². The zero-order valence-electron chi connectivity index (χ0n) is 16.5. The Morgan fingerprint density at radius 1 is 1.25 bits per heavy atom. The highest BCUT2D eigenvalue weighted by atomic mass is 16.2. The van der Waals surface area contributed by atoms with Gasteiger partial charge in [0.15, 0.2) is 5.78 Å². The number of fused-ring (bicyclic) bond motifs is 1. The maximum absolute atomic E-state index is 13.0. The van der Waals surface area contributed by atoms with Crippen LogP contribution in [0.5, 0.6) is 0 Å². The lowest BCUT2D eigenvalue weighted by atomic mass is 9.97. The normalized spacial score (nSPS) is 15.7. The van der Waals surface area contributed by atoms with Crippen molar-refractivity contribution in [2.24, 2.45) is 0 Å². The zero-order chi connectivity index (χ0) is 20.0. The summed E-state index contributed by atoms with van der Waals surface area (Å²) >= 11 is 0. The van der Waals surface area contributed by atoms with Crippen LogP contribution in [0.3, 0.4) is 0 Å². The minimum Gasteiger partial charge on any atom is -0.354 e. The molecule has 0 radical (unpaired) electrons. The van der Waals surface area contributed by atoms with Crippen LogP contribution in [0.2, 0.25) is 0 Å². The summed E-state index contributed by atoms with van der Waals surface area (Å²) < 4.78 is 0. The van der Waals surface area contributed by atoms with Crippen LogP contribution >= 0.6 is 0 Å². The summed E-state index contributed by atoms with van der Waals surface area (Å²) in [6.07, 6.45) is 2.27. The Bertz CT molecular complexity index is 985. The third-order valence-corrected chi connectivity index (χ3v) is 5.71. The Labute approximate surface area is 164 Å². The van der Waals surface area contributed by atoms with Crippen molar-refractivity contribution in [3.05, 3.63) is 57.4 Å². The lowest BCUT2D eigenvalue weighted by molar-refractivity contribution is 0.0785. The first-order chi connectivity index (χ1) is 13.4. The van der Waals surface area contributed by atoms with Crippen LogP contribution in [0.25, 0.3) is 0 Å². The topological polar surface area (TPSA) is 82.3 Å². The molecule has 0 spiro atoms. The number of ketones is 1. The standard InChI is InChI=1S/C22H25N3O3/c1-4-25-11-17-19(22(25)28)13(3)20(24-17)18(26)10-15-9-14(6-5-12(15)2)21(27)23-16-7-8-16/h5-6,9,16,24H,4,7-8,10-11H2,1-3H3,(H,23,27). The monoisotopic (exact) mass is 379 g/mol. The molecule has 0 bridgehead atoms. The van der Waals surface area contributed by atoms with Crippen molar-refractivity contribution < 1.29 is 14.4 Å².